The van der Waals surface area contributed by atoms with Crippen molar-refractivity contribution in [1.82, 2.24) is 0 Å². The van der Waals surface area contributed by atoms with E-state index in [0.29, 0.717) is 0 Å². The summed E-state index contributed by atoms with van der Waals surface area (Å²) in [6, 6.07) is 0. The highest BCUT2D eigenvalue weighted by atomic mass is 17.1. The van der Waals surface area contributed by atoms with Gasteiger partial charge in [-0.25, -0.2) is 57.6 Å². The fourth-order valence-corrected chi connectivity index (χ4v) is 3.63. The first-order valence-electron chi connectivity index (χ1n) is 17.1. The lowest BCUT2D eigenvalue weighted by Gasteiger charge is -2.35. The molecule has 1 N–H and O–H groups in total. The van der Waals surface area contributed by atoms with Crippen LogP contribution >= 0.6 is 0 Å². The highest BCUT2D eigenvalue weighted by Crippen LogP contribution is 2.26. The molecule has 0 saturated carbocycles. The zero-order chi connectivity index (χ0) is 47.0. The van der Waals surface area contributed by atoms with Gasteiger partial charge in [-0.2, -0.15) is 0 Å². The Labute approximate surface area is 351 Å². The summed E-state index contributed by atoms with van der Waals surface area (Å²) < 4.78 is 60.1. The van der Waals surface area contributed by atoms with E-state index in [1.165, 1.54) is 0 Å². The standard InChI is InChI=1S/C37H44O25/c1-6-25(38)51-11-30(43)56-19-36(20-57-31(44)12-52-26(39)7-2,21-58-32(45)13-53-27(40)8-3)17-50-18-37(24-61-35(48)16-62-49,22-59-33(46)14-54-28(41)9-4)23-60-34(47)15-55-29(42)10-5/h6-10,49H,1-5,11-24H2. The van der Waals surface area contributed by atoms with Crippen LogP contribution in [0.3, 0.4) is 0 Å². The van der Waals surface area contributed by atoms with E-state index in [0.717, 1.165) is 30.4 Å². The van der Waals surface area contributed by atoms with Gasteiger partial charge in [0.05, 0.1) is 24.0 Å². The largest absolute Gasteiger partial charge is 0.463 e. The van der Waals surface area contributed by atoms with Gasteiger partial charge in [-0.3, -0.25) is 5.26 Å². The van der Waals surface area contributed by atoms with Crippen LogP contribution in [0.2, 0.25) is 0 Å². The molecular weight excluding hydrogens is 844 g/mol. The average Bonchev–Trinajstić information content (AvgIpc) is 3.27. The van der Waals surface area contributed by atoms with Gasteiger partial charge in [0, 0.05) is 30.4 Å². The fraction of sp³-hybridized carbons (Fsp3) is 0.432. The van der Waals surface area contributed by atoms with Crippen LogP contribution in [0.25, 0.3) is 0 Å². The zero-order valence-corrected chi connectivity index (χ0v) is 33.1. The van der Waals surface area contributed by atoms with Gasteiger partial charge in [0.25, 0.3) is 0 Å². The van der Waals surface area contributed by atoms with Crippen molar-refractivity contribution in [3.05, 3.63) is 63.3 Å². The molecule has 0 spiro atoms. The molecule has 0 amide bonds. The Morgan fingerprint density at radius 3 is 0.694 bits per heavy atom. The lowest BCUT2D eigenvalue weighted by molar-refractivity contribution is -0.246. The van der Waals surface area contributed by atoms with E-state index in [1.54, 1.807) is 0 Å². The van der Waals surface area contributed by atoms with Gasteiger partial charge in [-0.05, 0) is 0 Å². The highest BCUT2D eigenvalue weighted by molar-refractivity contribution is 5.86. The van der Waals surface area contributed by atoms with E-state index in [4.69, 9.17) is 38.4 Å². The van der Waals surface area contributed by atoms with Crippen LogP contribution in [0.15, 0.2) is 63.3 Å². The number of carbonyl (C=O) groups excluding carboxylic acids is 11. The van der Waals surface area contributed by atoms with Gasteiger partial charge in [0.15, 0.2) is 39.6 Å². The van der Waals surface area contributed by atoms with Gasteiger partial charge in [0.2, 0.25) is 0 Å². The molecule has 0 rings (SSSR count). The second-order valence-electron chi connectivity index (χ2n) is 11.8. The van der Waals surface area contributed by atoms with E-state index in [2.05, 4.69) is 61.5 Å². The van der Waals surface area contributed by atoms with Crippen molar-refractivity contribution in [3.63, 3.8) is 0 Å². The molecule has 0 aromatic rings. The topological polar surface area (TPSA) is 328 Å². The van der Waals surface area contributed by atoms with Gasteiger partial charge >= 0.3 is 65.7 Å². The molecule has 0 aliphatic rings. The smallest absolute Gasteiger partial charge is 0.344 e. The van der Waals surface area contributed by atoms with Crippen molar-refractivity contribution in [2.24, 2.45) is 10.8 Å². The minimum Gasteiger partial charge on any atom is -0.463 e. The molecule has 0 unspecified atom stereocenters. The summed E-state index contributed by atoms with van der Waals surface area (Å²) in [7, 11) is 0. The zero-order valence-electron chi connectivity index (χ0n) is 33.1. The van der Waals surface area contributed by atoms with Crippen LogP contribution in [0, 0.1) is 10.8 Å². The average molecular weight is 889 g/mol. The maximum atomic E-state index is 12.6. The molecule has 0 bridgehead atoms. The molecule has 0 aromatic carbocycles. The third-order valence-electron chi connectivity index (χ3n) is 6.73. The van der Waals surface area contributed by atoms with Crippen LogP contribution in [0.1, 0.15) is 0 Å². The Morgan fingerprint density at radius 1 is 0.323 bits per heavy atom. The molecule has 25 heteroatoms. The molecule has 25 nitrogen and oxygen atoms in total. The van der Waals surface area contributed by atoms with E-state index in [9.17, 15) is 52.7 Å². The summed E-state index contributed by atoms with van der Waals surface area (Å²) in [4.78, 5) is 136. The quantitative estimate of drug-likeness (QED) is 0.0254. The van der Waals surface area contributed by atoms with E-state index in [-0.39, 0.29) is 0 Å². The monoisotopic (exact) mass is 888 g/mol. The van der Waals surface area contributed by atoms with E-state index in [1.807, 2.05) is 0 Å². The van der Waals surface area contributed by atoms with Gasteiger partial charge in [0.1, 0.15) is 39.6 Å². The SMILES string of the molecule is C=CC(=O)OCC(=O)OCC(COCC(COC(=O)COC(=O)C=C)(COC(=O)COC(=O)C=C)COC(=O)COC(=O)C=C)(COC(=O)COO)COC(=O)COC(=O)C=C. The van der Waals surface area contributed by atoms with Crippen molar-refractivity contribution in [1.29, 1.82) is 0 Å². The number of carbonyl (C=O) groups is 11. The van der Waals surface area contributed by atoms with Gasteiger partial charge < -0.3 is 56.8 Å². The second-order valence-corrected chi connectivity index (χ2v) is 11.8. The van der Waals surface area contributed by atoms with Gasteiger partial charge in [-0.15, -0.1) is 0 Å². The fourth-order valence-electron chi connectivity index (χ4n) is 3.63. The molecule has 0 aromatic heterocycles. The van der Waals surface area contributed by atoms with E-state index >= 15 is 0 Å². The van der Waals surface area contributed by atoms with Crippen LogP contribution in [0.4, 0.5) is 0 Å². The number of hydrogen-bond donors (Lipinski definition) is 1. The molecule has 0 aliphatic heterocycles. The number of esters is 11. The van der Waals surface area contributed by atoms with E-state index < -0.39 is 169 Å². The minimum absolute atomic E-state index is 0.735. The van der Waals surface area contributed by atoms with Gasteiger partial charge in [-0.1, -0.05) is 32.9 Å². The maximum Gasteiger partial charge on any atom is 0.344 e. The molecule has 0 heterocycles. The molecule has 342 valence electrons. The molecule has 0 fully saturated rings. The molecular formula is C37H44O25. The summed E-state index contributed by atoms with van der Waals surface area (Å²) in [5, 5.41) is 8.73. The maximum absolute atomic E-state index is 12.6. The first-order valence-corrected chi connectivity index (χ1v) is 17.1. The minimum atomic E-state index is -2.02. The van der Waals surface area contributed by atoms with Crippen LogP contribution in [-0.2, 0) is 114 Å². The summed E-state index contributed by atoms with van der Waals surface area (Å²) >= 11 is 0. The molecule has 0 saturated heterocycles. The van der Waals surface area contributed by atoms with Crippen LogP contribution in [0.5, 0.6) is 0 Å². The Hall–Kier alpha value is -7.25. The lowest BCUT2D eigenvalue weighted by Crippen LogP contribution is -2.47. The predicted molar refractivity (Wildman–Crippen MR) is 196 cm³/mol. The van der Waals surface area contributed by atoms with Crippen molar-refractivity contribution in [2.75, 3.05) is 92.5 Å². The first-order chi connectivity index (χ1) is 29.4. The normalized spacial score (nSPS) is 10.5. The third-order valence-corrected chi connectivity index (χ3v) is 6.73. The first kappa shape index (κ1) is 54.8. The summed E-state index contributed by atoms with van der Waals surface area (Å²) in [6.07, 6.45) is 3.68. The summed E-state index contributed by atoms with van der Waals surface area (Å²) in [5.74, 6) is -12.4. The number of ether oxygens (including phenoxy) is 12. The molecule has 0 aliphatic carbocycles. The van der Waals surface area contributed by atoms with Crippen molar-refractivity contribution >= 4 is 65.7 Å². The Morgan fingerprint density at radius 2 is 0.516 bits per heavy atom. The Kier molecular flexibility index (Phi) is 27.1. The Bertz CT molecular complexity index is 1520. The highest BCUT2D eigenvalue weighted by Gasteiger charge is 2.41. The van der Waals surface area contributed by atoms with Crippen molar-refractivity contribution in [3.8, 4) is 0 Å². The van der Waals surface area contributed by atoms with Crippen molar-refractivity contribution < 1.29 is 120 Å². The lowest BCUT2D eigenvalue weighted by atomic mass is 9.90. The molecule has 0 radical (unpaired) electrons. The third kappa shape index (κ3) is 25.3. The predicted octanol–water partition coefficient (Wildman–Crippen LogP) is -1.63. The number of rotatable bonds is 33. The molecule has 0 atom stereocenters. The van der Waals surface area contributed by atoms with Crippen molar-refractivity contribution in [2.45, 2.75) is 0 Å². The second kappa shape index (κ2) is 30.7. The summed E-state index contributed by atoms with van der Waals surface area (Å²) in [6.45, 7) is 2.78. The van der Waals surface area contributed by atoms with Crippen LogP contribution in [-0.4, -0.2) is 163 Å². The summed E-state index contributed by atoms with van der Waals surface area (Å²) in [5.41, 5.74) is -4.03. The Balaban J connectivity index is 7.04. The molecule has 62 heavy (non-hydrogen) atoms. The number of hydrogen-bond acceptors (Lipinski definition) is 25. The van der Waals surface area contributed by atoms with Crippen LogP contribution < -0.4 is 0 Å².